The molecule has 1 aliphatic carbocycles. The zero-order valence-electron chi connectivity index (χ0n) is 29.1. The molecule has 0 radical (unpaired) electrons. The third-order valence-electron chi connectivity index (χ3n) is 11.3. The fourth-order valence-electron chi connectivity index (χ4n) is 8.98. The summed E-state index contributed by atoms with van der Waals surface area (Å²) in [5.74, 6) is 0. The third-order valence-corrected chi connectivity index (χ3v) is 11.3. The maximum atomic E-state index is 5.13. The minimum Gasteiger partial charge on any atom is -0.309 e. The van der Waals surface area contributed by atoms with E-state index in [0.29, 0.717) is 0 Å². The van der Waals surface area contributed by atoms with Gasteiger partial charge in [-0.3, -0.25) is 9.97 Å². The van der Waals surface area contributed by atoms with Crippen LogP contribution in [0.2, 0.25) is 0 Å². The number of benzene rings is 7. The van der Waals surface area contributed by atoms with Crippen LogP contribution in [0.4, 0.5) is 0 Å². The lowest BCUT2D eigenvalue weighted by molar-refractivity contribution is 1.18. The second-order valence-electron chi connectivity index (χ2n) is 14.2. The molecule has 0 spiro atoms. The van der Waals surface area contributed by atoms with E-state index in [1.54, 1.807) is 0 Å². The molecule has 0 amide bonds. The Hall–Kier alpha value is -7.30. The Morgan fingerprint density at radius 2 is 0.926 bits per heavy atom. The van der Waals surface area contributed by atoms with E-state index >= 15 is 0 Å². The molecule has 0 saturated heterocycles. The Kier molecular flexibility index (Phi) is 6.02. The predicted molar refractivity (Wildman–Crippen MR) is 224 cm³/mol. The summed E-state index contributed by atoms with van der Waals surface area (Å²) in [5, 5.41) is 7.32. The molecule has 11 aromatic rings. The van der Waals surface area contributed by atoms with Crippen molar-refractivity contribution in [1.82, 2.24) is 19.1 Å². The normalized spacial score (nSPS) is 12.1. The summed E-state index contributed by atoms with van der Waals surface area (Å²) in [6, 6.07) is 61.4. The first-order valence-corrected chi connectivity index (χ1v) is 18.4. The summed E-state index contributed by atoms with van der Waals surface area (Å²) < 4.78 is 4.77. The molecular weight excluding hydrogens is 657 g/mol. The zero-order chi connectivity index (χ0) is 35.3. The minimum absolute atomic E-state index is 0.985. The average molecular weight is 687 g/mol. The summed E-state index contributed by atoms with van der Waals surface area (Å²) in [4.78, 5) is 9.88. The molecule has 4 nitrogen and oxygen atoms in total. The van der Waals surface area contributed by atoms with Gasteiger partial charge in [-0.25, -0.2) is 0 Å². The Morgan fingerprint density at radius 1 is 0.333 bits per heavy atom. The van der Waals surface area contributed by atoms with Crippen molar-refractivity contribution < 1.29 is 0 Å². The fourth-order valence-corrected chi connectivity index (χ4v) is 8.98. The van der Waals surface area contributed by atoms with Gasteiger partial charge in [-0.2, -0.15) is 0 Å². The molecule has 4 aromatic heterocycles. The van der Waals surface area contributed by atoms with E-state index in [0.717, 1.165) is 44.7 Å². The second-order valence-corrected chi connectivity index (χ2v) is 14.2. The monoisotopic (exact) mass is 686 g/mol. The molecule has 0 bridgehead atoms. The van der Waals surface area contributed by atoms with E-state index in [9.17, 15) is 0 Å². The molecule has 0 aliphatic heterocycles. The van der Waals surface area contributed by atoms with Crippen LogP contribution in [0.5, 0.6) is 0 Å². The van der Waals surface area contributed by atoms with Crippen LogP contribution < -0.4 is 0 Å². The first kappa shape index (κ1) is 29.3. The van der Waals surface area contributed by atoms with Crippen molar-refractivity contribution in [3.05, 3.63) is 182 Å². The first-order valence-electron chi connectivity index (χ1n) is 18.4. The number of rotatable bonds is 4. The lowest BCUT2D eigenvalue weighted by Crippen LogP contribution is -1.94. The van der Waals surface area contributed by atoms with Gasteiger partial charge < -0.3 is 9.13 Å². The lowest BCUT2D eigenvalue weighted by Gasteiger charge is -2.11. The number of nitrogens with zero attached hydrogens (tertiary/aromatic N) is 4. The highest BCUT2D eigenvalue weighted by Gasteiger charge is 2.25. The molecule has 1 aliphatic rings. The van der Waals surface area contributed by atoms with E-state index in [1.165, 1.54) is 65.9 Å². The number of hydrogen-bond donors (Lipinski definition) is 0. The smallest absolute Gasteiger partial charge is 0.0787 e. The molecule has 54 heavy (non-hydrogen) atoms. The Labute approximate surface area is 310 Å². The van der Waals surface area contributed by atoms with Crippen LogP contribution >= 0.6 is 0 Å². The minimum atomic E-state index is 0.985. The SMILES string of the molecule is c1ccc(-n2c3ccccc3c3cc(-c4ccc5c(c4)c4ccc(-c6ncc7c8c(cccc68)-c6ncccc6-7)cc4n5-c4ccccc4)ccc32)cc1. The topological polar surface area (TPSA) is 35.6 Å². The van der Waals surface area contributed by atoms with Crippen LogP contribution in [0.15, 0.2) is 182 Å². The molecule has 0 unspecified atom stereocenters. The Balaban J connectivity index is 1.06. The van der Waals surface area contributed by atoms with Gasteiger partial charge in [0.2, 0.25) is 0 Å². The summed E-state index contributed by atoms with van der Waals surface area (Å²) >= 11 is 0. The quantitative estimate of drug-likeness (QED) is 0.185. The van der Waals surface area contributed by atoms with Crippen molar-refractivity contribution in [2.75, 3.05) is 0 Å². The van der Waals surface area contributed by atoms with Crippen LogP contribution in [-0.2, 0) is 0 Å². The number of aromatic nitrogens is 4. The molecule has 250 valence electrons. The van der Waals surface area contributed by atoms with E-state index in [1.807, 2.05) is 18.5 Å². The first-order chi connectivity index (χ1) is 26.8. The van der Waals surface area contributed by atoms with Crippen LogP contribution in [0.3, 0.4) is 0 Å². The molecule has 0 saturated carbocycles. The van der Waals surface area contributed by atoms with Crippen LogP contribution in [-0.4, -0.2) is 19.1 Å². The molecule has 0 fully saturated rings. The standard InChI is InChI=1S/C50H30N4/c1-3-11-34(12-4-1)53-44-19-8-7-15-36(44)41-27-31(21-24-45(41)53)32-22-25-46-42(28-32)37-23-20-33(29-47(37)54(46)35-13-5-2-6-14-35)49-39-16-9-17-40-48(39)43(30-52-49)38-18-10-26-51-50(38)40/h1-30H. The highest BCUT2D eigenvalue weighted by atomic mass is 15.0. The highest BCUT2D eigenvalue weighted by molar-refractivity contribution is 6.18. The van der Waals surface area contributed by atoms with Gasteiger partial charge >= 0.3 is 0 Å². The van der Waals surface area contributed by atoms with Crippen molar-refractivity contribution in [3.63, 3.8) is 0 Å². The van der Waals surface area contributed by atoms with Gasteiger partial charge in [-0.05, 0) is 77.9 Å². The lowest BCUT2D eigenvalue weighted by atomic mass is 9.98. The van der Waals surface area contributed by atoms with Gasteiger partial charge in [0.05, 0.1) is 33.5 Å². The van der Waals surface area contributed by atoms with Gasteiger partial charge in [-0.1, -0.05) is 103 Å². The third kappa shape index (κ3) is 4.08. The molecule has 0 N–H and O–H groups in total. The maximum absolute atomic E-state index is 5.13. The molecule has 4 heteroatoms. The van der Waals surface area contributed by atoms with Crippen molar-refractivity contribution in [2.45, 2.75) is 0 Å². The summed E-state index contributed by atoms with van der Waals surface area (Å²) in [5.41, 5.74) is 16.0. The predicted octanol–water partition coefficient (Wildman–Crippen LogP) is 12.8. The highest BCUT2D eigenvalue weighted by Crippen LogP contribution is 2.48. The van der Waals surface area contributed by atoms with Crippen LogP contribution in [0, 0.1) is 0 Å². The van der Waals surface area contributed by atoms with Crippen molar-refractivity contribution in [1.29, 1.82) is 0 Å². The van der Waals surface area contributed by atoms with Crippen molar-refractivity contribution >= 4 is 54.4 Å². The summed E-state index contributed by atoms with van der Waals surface area (Å²) in [7, 11) is 0. The van der Waals surface area contributed by atoms with Gasteiger partial charge in [0, 0.05) is 78.3 Å². The summed E-state index contributed by atoms with van der Waals surface area (Å²) in [6.07, 6.45) is 3.91. The van der Waals surface area contributed by atoms with E-state index in [4.69, 9.17) is 9.97 Å². The van der Waals surface area contributed by atoms with Gasteiger partial charge in [0.1, 0.15) is 0 Å². The van der Waals surface area contributed by atoms with Gasteiger partial charge in [-0.15, -0.1) is 0 Å². The maximum Gasteiger partial charge on any atom is 0.0787 e. The number of fused-ring (bicyclic) bond motifs is 9. The second kappa shape index (κ2) is 11.1. The van der Waals surface area contributed by atoms with E-state index in [-0.39, 0.29) is 0 Å². The molecule has 12 rings (SSSR count). The summed E-state index contributed by atoms with van der Waals surface area (Å²) in [6.45, 7) is 0. The number of para-hydroxylation sites is 3. The molecular formula is C50H30N4. The average Bonchev–Trinajstić information content (AvgIpc) is 3.87. The zero-order valence-corrected chi connectivity index (χ0v) is 29.1. The molecule has 0 atom stereocenters. The molecule has 7 aromatic carbocycles. The van der Waals surface area contributed by atoms with Gasteiger partial charge in [0.15, 0.2) is 0 Å². The molecule has 4 heterocycles. The number of hydrogen-bond acceptors (Lipinski definition) is 2. The Bertz CT molecular complexity index is 3290. The van der Waals surface area contributed by atoms with Gasteiger partial charge in [0.25, 0.3) is 0 Å². The fraction of sp³-hybridized carbons (Fsp3) is 0. The van der Waals surface area contributed by atoms with Crippen LogP contribution in [0.1, 0.15) is 0 Å². The van der Waals surface area contributed by atoms with Crippen molar-refractivity contribution in [2.24, 2.45) is 0 Å². The van der Waals surface area contributed by atoms with Crippen LogP contribution in [0.25, 0.3) is 111 Å². The largest absolute Gasteiger partial charge is 0.309 e. The van der Waals surface area contributed by atoms with Crippen molar-refractivity contribution in [3.8, 4) is 56.1 Å². The van der Waals surface area contributed by atoms with E-state index in [2.05, 4.69) is 173 Å². The number of pyridine rings is 2. The van der Waals surface area contributed by atoms with E-state index < -0.39 is 0 Å². The Morgan fingerprint density at radius 3 is 1.67 bits per heavy atom.